The third-order valence-corrected chi connectivity index (χ3v) is 5.16. The van der Waals surface area contributed by atoms with Crippen molar-refractivity contribution in [3.63, 3.8) is 0 Å². The van der Waals surface area contributed by atoms with Gasteiger partial charge in [-0.1, -0.05) is 41.9 Å². The molecule has 3 nitrogen and oxygen atoms in total. The van der Waals surface area contributed by atoms with Crippen LogP contribution in [-0.4, -0.2) is 34.7 Å². The van der Waals surface area contributed by atoms with E-state index in [1.807, 2.05) is 18.2 Å². The summed E-state index contributed by atoms with van der Waals surface area (Å²) in [6, 6.07) is 14.4. The van der Waals surface area contributed by atoms with Gasteiger partial charge in [0.15, 0.2) is 5.11 Å². The SMILES string of the molecule is Cc1cccc(C)c1NC(=S)N1CCCN(Cc2cccc(Cl)c2)C1. The van der Waals surface area contributed by atoms with Gasteiger partial charge in [0.1, 0.15) is 0 Å². The number of halogens is 1. The predicted molar refractivity (Wildman–Crippen MR) is 110 cm³/mol. The molecule has 25 heavy (non-hydrogen) atoms. The van der Waals surface area contributed by atoms with E-state index < -0.39 is 0 Å². The monoisotopic (exact) mass is 373 g/mol. The molecule has 1 N–H and O–H groups in total. The lowest BCUT2D eigenvalue weighted by Crippen LogP contribution is -2.48. The Labute approximate surface area is 160 Å². The summed E-state index contributed by atoms with van der Waals surface area (Å²) in [5.74, 6) is 0. The predicted octanol–water partition coefficient (Wildman–Crippen LogP) is 4.82. The van der Waals surface area contributed by atoms with Crippen molar-refractivity contribution in [2.24, 2.45) is 0 Å². The van der Waals surface area contributed by atoms with Gasteiger partial charge in [0.25, 0.3) is 0 Å². The Kier molecular flexibility index (Phi) is 5.94. The Morgan fingerprint density at radius 3 is 2.56 bits per heavy atom. The molecular weight excluding hydrogens is 350 g/mol. The van der Waals surface area contributed by atoms with Crippen LogP contribution in [0, 0.1) is 13.8 Å². The summed E-state index contributed by atoms with van der Waals surface area (Å²) in [7, 11) is 0. The van der Waals surface area contributed by atoms with Crippen LogP contribution in [0.2, 0.25) is 5.02 Å². The average molecular weight is 374 g/mol. The molecule has 2 aromatic rings. The second-order valence-corrected chi connectivity index (χ2v) is 7.46. The van der Waals surface area contributed by atoms with E-state index in [1.165, 1.54) is 16.7 Å². The van der Waals surface area contributed by atoms with Gasteiger partial charge in [0.05, 0.1) is 6.67 Å². The van der Waals surface area contributed by atoms with Crippen LogP contribution in [-0.2, 0) is 6.54 Å². The number of aryl methyl sites for hydroxylation is 2. The molecular formula is C20H24ClN3S. The van der Waals surface area contributed by atoms with Gasteiger partial charge in [0.2, 0.25) is 0 Å². The van der Waals surface area contributed by atoms with Gasteiger partial charge >= 0.3 is 0 Å². The Balaban J connectivity index is 1.63. The second-order valence-electron chi connectivity index (χ2n) is 6.64. The van der Waals surface area contributed by atoms with Gasteiger partial charge in [-0.2, -0.15) is 0 Å². The Morgan fingerprint density at radius 2 is 1.84 bits per heavy atom. The molecule has 0 bridgehead atoms. The van der Waals surface area contributed by atoms with Crippen molar-refractivity contribution in [2.75, 3.05) is 25.1 Å². The van der Waals surface area contributed by atoms with Gasteiger partial charge in [-0.25, -0.2) is 0 Å². The van der Waals surface area contributed by atoms with Crippen molar-refractivity contribution in [1.29, 1.82) is 0 Å². The van der Waals surface area contributed by atoms with E-state index in [9.17, 15) is 0 Å². The van der Waals surface area contributed by atoms with E-state index in [-0.39, 0.29) is 0 Å². The number of nitrogens with one attached hydrogen (secondary N) is 1. The Hall–Kier alpha value is -1.62. The van der Waals surface area contributed by atoms with Gasteiger partial charge in [0, 0.05) is 30.3 Å². The molecule has 0 radical (unpaired) electrons. The fourth-order valence-electron chi connectivity index (χ4n) is 3.25. The zero-order valence-electron chi connectivity index (χ0n) is 14.8. The van der Waals surface area contributed by atoms with E-state index in [0.29, 0.717) is 0 Å². The molecule has 0 atom stereocenters. The minimum Gasteiger partial charge on any atom is -0.336 e. The highest BCUT2D eigenvalue weighted by atomic mass is 35.5. The van der Waals surface area contributed by atoms with Crippen LogP contribution in [0.25, 0.3) is 0 Å². The number of para-hydroxylation sites is 1. The van der Waals surface area contributed by atoms with Crippen LogP contribution in [0.5, 0.6) is 0 Å². The number of hydrogen-bond acceptors (Lipinski definition) is 2. The molecule has 2 aromatic carbocycles. The molecule has 1 aliphatic rings. The van der Waals surface area contributed by atoms with E-state index >= 15 is 0 Å². The molecule has 0 aliphatic carbocycles. The van der Waals surface area contributed by atoms with Crippen molar-refractivity contribution in [2.45, 2.75) is 26.8 Å². The topological polar surface area (TPSA) is 18.5 Å². The van der Waals surface area contributed by atoms with Gasteiger partial charge in [-0.15, -0.1) is 0 Å². The summed E-state index contributed by atoms with van der Waals surface area (Å²) in [6.07, 6.45) is 1.11. The minimum atomic E-state index is 0.790. The highest BCUT2D eigenvalue weighted by Gasteiger charge is 2.20. The largest absolute Gasteiger partial charge is 0.336 e. The van der Waals surface area contributed by atoms with Gasteiger partial charge in [-0.3, -0.25) is 4.90 Å². The number of hydrogen-bond donors (Lipinski definition) is 1. The number of benzene rings is 2. The molecule has 1 fully saturated rings. The van der Waals surface area contributed by atoms with Crippen LogP contribution in [0.3, 0.4) is 0 Å². The molecule has 1 aliphatic heterocycles. The maximum Gasteiger partial charge on any atom is 0.174 e. The zero-order valence-corrected chi connectivity index (χ0v) is 16.3. The molecule has 0 saturated carbocycles. The molecule has 0 aromatic heterocycles. The number of rotatable bonds is 3. The van der Waals surface area contributed by atoms with E-state index in [2.05, 4.69) is 53.2 Å². The lowest BCUT2D eigenvalue weighted by Gasteiger charge is -2.37. The first-order chi connectivity index (χ1) is 12.0. The molecule has 1 heterocycles. The van der Waals surface area contributed by atoms with Crippen molar-refractivity contribution in [3.8, 4) is 0 Å². The number of nitrogens with zero attached hydrogens (tertiary/aromatic N) is 2. The van der Waals surface area contributed by atoms with E-state index in [1.54, 1.807) is 0 Å². The first-order valence-electron chi connectivity index (χ1n) is 8.62. The molecule has 0 spiro atoms. The minimum absolute atomic E-state index is 0.790. The molecule has 1 saturated heterocycles. The van der Waals surface area contributed by atoms with Crippen LogP contribution in [0.1, 0.15) is 23.1 Å². The van der Waals surface area contributed by atoms with Crippen molar-refractivity contribution < 1.29 is 0 Å². The molecule has 0 unspecified atom stereocenters. The first kappa shape index (κ1) is 18.2. The summed E-state index contributed by atoms with van der Waals surface area (Å²) in [6.45, 7) is 8.02. The van der Waals surface area contributed by atoms with Gasteiger partial charge in [-0.05, 0) is 61.3 Å². The average Bonchev–Trinajstić information content (AvgIpc) is 2.58. The van der Waals surface area contributed by atoms with Crippen LogP contribution in [0.15, 0.2) is 42.5 Å². The highest BCUT2D eigenvalue weighted by Crippen LogP contribution is 2.21. The quantitative estimate of drug-likeness (QED) is 0.777. The third kappa shape index (κ3) is 4.72. The Morgan fingerprint density at radius 1 is 1.12 bits per heavy atom. The summed E-state index contributed by atoms with van der Waals surface area (Å²) in [5.41, 5.74) is 4.80. The highest BCUT2D eigenvalue weighted by molar-refractivity contribution is 7.80. The standard InChI is InChI=1S/C20H24ClN3S/c1-15-6-3-7-16(2)19(15)22-20(25)24-11-5-10-23(14-24)13-17-8-4-9-18(21)12-17/h3-4,6-9,12H,5,10-11,13-14H2,1-2H3,(H,22,25). The lowest BCUT2D eigenvalue weighted by molar-refractivity contribution is 0.134. The summed E-state index contributed by atoms with van der Waals surface area (Å²) < 4.78 is 0. The fraction of sp³-hybridized carbons (Fsp3) is 0.350. The van der Waals surface area contributed by atoms with E-state index in [0.717, 1.165) is 48.5 Å². The zero-order chi connectivity index (χ0) is 17.8. The van der Waals surface area contributed by atoms with Crippen LogP contribution >= 0.6 is 23.8 Å². The van der Waals surface area contributed by atoms with Crippen molar-refractivity contribution in [3.05, 3.63) is 64.2 Å². The second kappa shape index (κ2) is 8.17. The first-order valence-corrected chi connectivity index (χ1v) is 9.40. The maximum atomic E-state index is 6.10. The molecule has 5 heteroatoms. The normalized spacial score (nSPS) is 15.2. The third-order valence-electron chi connectivity index (χ3n) is 4.57. The summed E-state index contributed by atoms with van der Waals surface area (Å²) in [5, 5.41) is 5.04. The molecule has 0 amide bonds. The van der Waals surface area contributed by atoms with E-state index in [4.69, 9.17) is 23.8 Å². The summed E-state index contributed by atoms with van der Waals surface area (Å²) in [4.78, 5) is 4.66. The van der Waals surface area contributed by atoms with Crippen molar-refractivity contribution >= 4 is 34.6 Å². The fourth-order valence-corrected chi connectivity index (χ4v) is 3.72. The maximum absolute atomic E-state index is 6.10. The van der Waals surface area contributed by atoms with Crippen LogP contribution < -0.4 is 5.32 Å². The Bertz CT molecular complexity index is 742. The lowest BCUT2D eigenvalue weighted by atomic mass is 10.1. The van der Waals surface area contributed by atoms with Crippen molar-refractivity contribution in [1.82, 2.24) is 9.80 Å². The smallest absolute Gasteiger partial charge is 0.174 e. The molecule has 3 rings (SSSR count). The van der Waals surface area contributed by atoms with Crippen LogP contribution in [0.4, 0.5) is 5.69 Å². The summed E-state index contributed by atoms with van der Waals surface area (Å²) >= 11 is 11.8. The molecule has 132 valence electrons. The number of anilines is 1. The van der Waals surface area contributed by atoms with Gasteiger partial charge < -0.3 is 10.2 Å². The number of thiocarbonyl (C=S) groups is 1.